The van der Waals surface area contributed by atoms with Crippen molar-refractivity contribution in [3.05, 3.63) is 80.0 Å². The van der Waals surface area contributed by atoms with Crippen molar-refractivity contribution in [3.63, 3.8) is 0 Å². The Bertz CT molecular complexity index is 1170. The molecule has 2 N–H and O–H groups in total. The van der Waals surface area contributed by atoms with E-state index in [1.807, 2.05) is 0 Å². The highest BCUT2D eigenvalue weighted by molar-refractivity contribution is 7.80. The van der Waals surface area contributed by atoms with Gasteiger partial charge in [0.25, 0.3) is 11.6 Å². The molecule has 0 aliphatic carbocycles. The van der Waals surface area contributed by atoms with Crippen LogP contribution in [0.15, 0.2) is 53.7 Å². The lowest BCUT2D eigenvalue weighted by molar-refractivity contribution is -0.384. The summed E-state index contributed by atoms with van der Waals surface area (Å²) in [6, 6.07) is 10.1. The largest absolute Gasteiger partial charge is 0.463 e. The maximum atomic E-state index is 12.6. The first-order valence-electron chi connectivity index (χ1n) is 9.91. The smallest absolute Gasteiger partial charge is 0.338 e. The number of nitro groups is 1. The number of amides is 1. The van der Waals surface area contributed by atoms with E-state index in [0.29, 0.717) is 22.1 Å². The van der Waals surface area contributed by atoms with Crippen molar-refractivity contribution in [3.8, 4) is 0 Å². The number of carbonyl (C=O) groups excluding carboxylic acids is 2. The van der Waals surface area contributed by atoms with Gasteiger partial charge in [0.05, 0.1) is 23.1 Å². The molecule has 1 aliphatic heterocycles. The predicted octanol–water partition coefficient (Wildman–Crippen LogP) is 4.20. The highest BCUT2D eigenvalue weighted by atomic mass is 35.5. The van der Waals surface area contributed by atoms with E-state index in [1.165, 1.54) is 12.1 Å². The molecule has 1 amide bonds. The monoisotopic (exact) mass is 488 g/mol. The van der Waals surface area contributed by atoms with Gasteiger partial charge in [-0.05, 0) is 55.9 Å². The molecule has 0 saturated heterocycles. The molecule has 1 unspecified atom stereocenters. The number of halogens is 1. The lowest BCUT2D eigenvalue weighted by Crippen LogP contribution is -2.46. The number of hydrogen-bond donors (Lipinski definition) is 2. The molecule has 1 aliphatic rings. The average molecular weight is 489 g/mol. The van der Waals surface area contributed by atoms with Crippen LogP contribution in [0.25, 0.3) is 0 Å². The standard InChI is InChI=1S/C22H21ClN4O5S/c1-4-32-21(29)18-12(2)26(3)22(33)25-19(18)13-5-8-15(9-6-13)24-20(28)14-7-10-16(23)17(11-14)27(30)31/h5-11,19H,4H2,1-3H3,(H,24,28)(H,25,33). The van der Waals surface area contributed by atoms with Crippen LogP contribution < -0.4 is 10.6 Å². The van der Waals surface area contributed by atoms with Crippen molar-refractivity contribution < 1.29 is 19.2 Å². The first kappa shape index (κ1) is 24.1. The SMILES string of the molecule is CCOC(=O)C1=C(C)N(C)C(=S)NC1c1ccc(NC(=O)c2ccc(Cl)c([N+](=O)[O-])c2)cc1. The second-order valence-electron chi connectivity index (χ2n) is 7.16. The zero-order valence-electron chi connectivity index (χ0n) is 18.0. The fraction of sp³-hybridized carbons (Fsp3) is 0.227. The second kappa shape index (κ2) is 9.97. The van der Waals surface area contributed by atoms with Gasteiger partial charge in [-0.1, -0.05) is 23.7 Å². The number of anilines is 1. The number of nitro benzene ring substituents is 1. The second-order valence-corrected chi connectivity index (χ2v) is 7.95. The van der Waals surface area contributed by atoms with Crippen LogP contribution in [-0.4, -0.2) is 40.5 Å². The molecule has 1 heterocycles. The Hall–Kier alpha value is -3.50. The van der Waals surface area contributed by atoms with Crippen molar-refractivity contribution in [2.24, 2.45) is 0 Å². The van der Waals surface area contributed by atoms with Crippen LogP contribution in [-0.2, 0) is 9.53 Å². The Balaban J connectivity index is 1.84. The molecular formula is C22H21ClN4O5S. The summed E-state index contributed by atoms with van der Waals surface area (Å²) in [5.41, 5.74) is 2.09. The van der Waals surface area contributed by atoms with Crippen molar-refractivity contribution in [2.75, 3.05) is 19.0 Å². The van der Waals surface area contributed by atoms with Crippen LogP contribution >= 0.6 is 23.8 Å². The molecule has 33 heavy (non-hydrogen) atoms. The number of nitrogens with one attached hydrogen (secondary N) is 2. The van der Waals surface area contributed by atoms with E-state index >= 15 is 0 Å². The maximum Gasteiger partial charge on any atom is 0.338 e. The van der Waals surface area contributed by atoms with Crippen LogP contribution in [0.4, 0.5) is 11.4 Å². The summed E-state index contributed by atoms with van der Waals surface area (Å²) in [4.78, 5) is 37.3. The number of carbonyl (C=O) groups is 2. The molecule has 1 atom stereocenters. The molecule has 9 nitrogen and oxygen atoms in total. The van der Waals surface area contributed by atoms with E-state index < -0.39 is 22.8 Å². The summed E-state index contributed by atoms with van der Waals surface area (Å²) in [5.74, 6) is -0.965. The topological polar surface area (TPSA) is 114 Å². The van der Waals surface area contributed by atoms with Crippen molar-refractivity contribution in [2.45, 2.75) is 19.9 Å². The van der Waals surface area contributed by atoms with Gasteiger partial charge in [0.15, 0.2) is 5.11 Å². The highest BCUT2D eigenvalue weighted by Gasteiger charge is 2.33. The summed E-state index contributed by atoms with van der Waals surface area (Å²) in [6.45, 7) is 3.77. The lowest BCUT2D eigenvalue weighted by atomic mass is 9.95. The first-order chi connectivity index (χ1) is 15.6. The molecule has 0 saturated carbocycles. The van der Waals surface area contributed by atoms with Gasteiger partial charge in [0.1, 0.15) is 5.02 Å². The fourth-order valence-electron chi connectivity index (χ4n) is 3.31. The van der Waals surface area contributed by atoms with Crippen LogP contribution in [0, 0.1) is 10.1 Å². The summed E-state index contributed by atoms with van der Waals surface area (Å²) in [7, 11) is 1.76. The van der Waals surface area contributed by atoms with Gasteiger partial charge in [0.2, 0.25) is 0 Å². The summed E-state index contributed by atoms with van der Waals surface area (Å²) in [6.07, 6.45) is 0. The van der Waals surface area contributed by atoms with E-state index in [-0.39, 0.29) is 22.9 Å². The van der Waals surface area contributed by atoms with Gasteiger partial charge in [-0.3, -0.25) is 14.9 Å². The number of esters is 1. The van der Waals surface area contributed by atoms with E-state index in [0.717, 1.165) is 11.6 Å². The third-order valence-electron chi connectivity index (χ3n) is 5.16. The van der Waals surface area contributed by atoms with Gasteiger partial charge in [-0.2, -0.15) is 0 Å². The Labute approximate surface area is 200 Å². The Morgan fingerprint density at radius 2 is 1.94 bits per heavy atom. The van der Waals surface area contributed by atoms with E-state index in [4.69, 9.17) is 28.6 Å². The third-order valence-corrected chi connectivity index (χ3v) is 5.87. The number of thiocarbonyl (C=S) groups is 1. The zero-order chi connectivity index (χ0) is 24.3. The molecule has 0 radical (unpaired) electrons. The molecule has 11 heteroatoms. The quantitative estimate of drug-likeness (QED) is 0.269. The molecule has 2 aromatic carbocycles. The minimum absolute atomic E-state index is 0.0507. The number of rotatable bonds is 6. The lowest BCUT2D eigenvalue weighted by Gasteiger charge is -2.35. The number of hydrogen-bond acceptors (Lipinski definition) is 6. The predicted molar refractivity (Wildman–Crippen MR) is 128 cm³/mol. The number of benzene rings is 2. The van der Waals surface area contributed by atoms with Crippen LogP contribution in [0.2, 0.25) is 5.02 Å². The molecule has 0 aromatic heterocycles. The van der Waals surface area contributed by atoms with Crippen molar-refractivity contribution in [1.29, 1.82) is 0 Å². The molecule has 0 bridgehead atoms. The van der Waals surface area contributed by atoms with Crippen LogP contribution in [0.3, 0.4) is 0 Å². The van der Waals surface area contributed by atoms with Gasteiger partial charge >= 0.3 is 5.97 Å². The van der Waals surface area contributed by atoms with Gasteiger partial charge in [-0.15, -0.1) is 0 Å². The summed E-state index contributed by atoms with van der Waals surface area (Å²) < 4.78 is 5.23. The fourth-order valence-corrected chi connectivity index (χ4v) is 3.76. The van der Waals surface area contributed by atoms with E-state index in [9.17, 15) is 19.7 Å². The minimum atomic E-state index is -0.649. The number of nitrogens with zero attached hydrogens (tertiary/aromatic N) is 2. The number of allylic oxidation sites excluding steroid dienone is 1. The van der Waals surface area contributed by atoms with Gasteiger partial charge in [0, 0.05) is 30.1 Å². The molecule has 2 aromatic rings. The zero-order valence-corrected chi connectivity index (χ0v) is 19.6. The van der Waals surface area contributed by atoms with Crippen molar-refractivity contribution in [1.82, 2.24) is 10.2 Å². The molecule has 172 valence electrons. The van der Waals surface area contributed by atoms with Crippen LogP contribution in [0.5, 0.6) is 0 Å². The summed E-state index contributed by atoms with van der Waals surface area (Å²) in [5, 5.41) is 17.3. The van der Waals surface area contributed by atoms with Gasteiger partial charge < -0.3 is 20.3 Å². The Kier molecular flexibility index (Phi) is 7.29. The normalized spacial score (nSPS) is 15.7. The molecule has 3 rings (SSSR count). The summed E-state index contributed by atoms with van der Waals surface area (Å²) >= 11 is 11.2. The highest BCUT2D eigenvalue weighted by Crippen LogP contribution is 2.31. The minimum Gasteiger partial charge on any atom is -0.463 e. The first-order valence-corrected chi connectivity index (χ1v) is 10.7. The molecular weight excluding hydrogens is 468 g/mol. The average Bonchev–Trinajstić information content (AvgIpc) is 2.78. The van der Waals surface area contributed by atoms with E-state index in [1.54, 1.807) is 50.1 Å². The third kappa shape index (κ3) is 5.12. The molecule has 0 spiro atoms. The molecule has 0 fully saturated rings. The maximum absolute atomic E-state index is 12.6. The van der Waals surface area contributed by atoms with Crippen molar-refractivity contribution >= 4 is 52.2 Å². The van der Waals surface area contributed by atoms with E-state index in [2.05, 4.69) is 10.6 Å². The number of ether oxygens (including phenoxy) is 1. The van der Waals surface area contributed by atoms with Crippen LogP contribution in [0.1, 0.15) is 35.8 Å². The Morgan fingerprint density at radius 3 is 2.55 bits per heavy atom. The van der Waals surface area contributed by atoms with Gasteiger partial charge in [-0.25, -0.2) is 4.79 Å². The Morgan fingerprint density at radius 1 is 1.27 bits per heavy atom.